The van der Waals surface area contributed by atoms with E-state index in [0.717, 1.165) is 55.7 Å². The average molecular weight is 377 g/mol. The van der Waals surface area contributed by atoms with Crippen molar-refractivity contribution in [2.24, 2.45) is 0 Å². The minimum atomic E-state index is 0.00986. The predicted molar refractivity (Wildman–Crippen MR) is 109 cm³/mol. The molecule has 144 valence electrons. The van der Waals surface area contributed by atoms with Crippen LogP contribution in [0, 0.1) is 6.92 Å². The molecule has 0 unspecified atom stereocenters. The largest absolute Gasteiger partial charge is 0.368 e. The summed E-state index contributed by atoms with van der Waals surface area (Å²) in [5.41, 5.74) is 2.73. The van der Waals surface area contributed by atoms with Gasteiger partial charge in [0.15, 0.2) is 0 Å². The Balaban J connectivity index is 1.43. The van der Waals surface area contributed by atoms with E-state index in [9.17, 15) is 4.79 Å². The Bertz CT molecular complexity index is 1070. The molecule has 0 spiro atoms. The lowest BCUT2D eigenvalue weighted by Crippen LogP contribution is -2.43. The normalized spacial score (nSPS) is 17.1. The van der Waals surface area contributed by atoms with Gasteiger partial charge in [-0.15, -0.1) is 0 Å². The first-order valence-electron chi connectivity index (χ1n) is 9.77. The van der Waals surface area contributed by atoms with Gasteiger partial charge in [-0.2, -0.15) is 4.98 Å². The molecule has 2 aliphatic rings. The molecule has 5 rings (SSSR count). The van der Waals surface area contributed by atoms with E-state index < -0.39 is 0 Å². The van der Waals surface area contributed by atoms with E-state index in [0.29, 0.717) is 17.4 Å². The van der Waals surface area contributed by atoms with Gasteiger partial charge in [0.2, 0.25) is 5.95 Å². The zero-order chi connectivity index (χ0) is 19.1. The minimum Gasteiger partial charge on any atom is -0.368 e. The highest BCUT2D eigenvalue weighted by Crippen LogP contribution is 2.35. The molecular weight excluding hydrogens is 354 g/mol. The summed E-state index contributed by atoms with van der Waals surface area (Å²) < 4.78 is 1.80. The zero-order valence-electron chi connectivity index (χ0n) is 15.9. The summed E-state index contributed by atoms with van der Waals surface area (Å²) in [6.45, 7) is 5.88. The van der Waals surface area contributed by atoms with E-state index in [1.165, 1.54) is 0 Å². The number of piperazine rings is 1. The number of aromatic nitrogens is 4. The number of nitrogens with one attached hydrogen (secondary N) is 2. The van der Waals surface area contributed by atoms with E-state index in [4.69, 9.17) is 0 Å². The fourth-order valence-electron chi connectivity index (χ4n) is 3.70. The number of hydrogen-bond donors (Lipinski definition) is 2. The molecule has 3 aromatic rings. The van der Waals surface area contributed by atoms with Crippen molar-refractivity contribution in [2.45, 2.75) is 25.8 Å². The van der Waals surface area contributed by atoms with E-state index in [2.05, 4.69) is 36.6 Å². The molecule has 8 nitrogen and oxygen atoms in total. The quantitative estimate of drug-likeness (QED) is 0.719. The summed E-state index contributed by atoms with van der Waals surface area (Å²) in [4.78, 5) is 28.4. The highest BCUT2D eigenvalue weighted by molar-refractivity contribution is 5.79. The summed E-state index contributed by atoms with van der Waals surface area (Å²) in [7, 11) is 0. The summed E-state index contributed by atoms with van der Waals surface area (Å²) in [6, 6.07) is 5.93. The molecule has 0 bridgehead atoms. The van der Waals surface area contributed by atoms with Gasteiger partial charge in [-0.1, -0.05) is 0 Å². The Labute approximate surface area is 162 Å². The Morgan fingerprint density at radius 1 is 1.14 bits per heavy atom. The van der Waals surface area contributed by atoms with Gasteiger partial charge in [-0.3, -0.25) is 9.36 Å². The predicted octanol–water partition coefficient (Wildman–Crippen LogP) is 1.98. The number of pyridine rings is 2. The van der Waals surface area contributed by atoms with Crippen LogP contribution in [0.2, 0.25) is 0 Å². The second kappa shape index (κ2) is 6.87. The van der Waals surface area contributed by atoms with Gasteiger partial charge in [0, 0.05) is 49.9 Å². The molecule has 1 aliphatic heterocycles. The maximum atomic E-state index is 12.5. The summed E-state index contributed by atoms with van der Waals surface area (Å²) in [5, 5.41) is 7.44. The van der Waals surface area contributed by atoms with Crippen LogP contribution in [0.25, 0.3) is 11.0 Å². The highest BCUT2D eigenvalue weighted by atomic mass is 16.1. The molecular formula is C20H23N7O. The minimum absolute atomic E-state index is 0.00986. The Kier molecular flexibility index (Phi) is 4.20. The highest BCUT2D eigenvalue weighted by Gasteiger charge is 2.27. The first kappa shape index (κ1) is 17.1. The summed E-state index contributed by atoms with van der Waals surface area (Å²) in [5.74, 6) is 1.14. The van der Waals surface area contributed by atoms with E-state index in [1.54, 1.807) is 16.8 Å². The Morgan fingerprint density at radius 2 is 1.96 bits per heavy atom. The molecule has 1 saturated heterocycles. The summed E-state index contributed by atoms with van der Waals surface area (Å²) >= 11 is 0. The Morgan fingerprint density at radius 3 is 2.68 bits per heavy atom. The zero-order valence-corrected chi connectivity index (χ0v) is 15.9. The van der Waals surface area contributed by atoms with E-state index >= 15 is 0 Å². The monoisotopic (exact) mass is 377 g/mol. The molecule has 2 fully saturated rings. The number of anilines is 3. The molecule has 2 N–H and O–H groups in total. The lowest BCUT2D eigenvalue weighted by Gasteiger charge is -2.29. The van der Waals surface area contributed by atoms with Gasteiger partial charge >= 0.3 is 0 Å². The molecule has 0 aromatic carbocycles. The second-order valence-corrected chi connectivity index (χ2v) is 7.46. The van der Waals surface area contributed by atoms with Crippen molar-refractivity contribution in [3.63, 3.8) is 0 Å². The van der Waals surface area contributed by atoms with Crippen LogP contribution in [-0.2, 0) is 0 Å². The van der Waals surface area contributed by atoms with Gasteiger partial charge < -0.3 is 15.5 Å². The average Bonchev–Trinajstić information content (AvgIpc) is 3.54. The maximum Gasteiger partial charge on any atom is 0.252 e. The molecule has 8 heteroatoms. The molecule has 1 saturated carbocycles. The van der Waals surface area contributed by atoms with Crippen LogP contribution < -0.4 is 21.1 Å². The first-order chi connectivity index (χ1) is 13.7. The smallest absolute Gasteiger partial charge is 0.252 e. The number of fused-ring (bicyclic) bond motifs is 1. The molecule has 28 heavy (non-hydrogen) atoms. The van der Waals surface area contributed by atoms with Crippen LogP contribution in [0.5, 0.6) is 0 Å². The van der Waals surface area contributed by atoms with Crippen LogP contribution >= 0.6 is 0 Å². The molecule has 0 atom stereocenters. The molecule has 0 radical (unpaired) electrons. The number of aryl methyl sites for hydroxylation is 1. The van der Waals surface area contributed by atoms with Crippen LogP contribution in [0.15, 0.2) is 35.4 Å². The maximum absolute atomic E-state index is 12.5. The molecule has 0 amide bonds. The van der Waals surface area contributed by atoms with Crippen molar-refractivity contribution in [1.82, 2.24) is 24.8 Å². The van der Waals surface area contributed by atoms with E-state index in [1.807, 2.05) is 19.2 Å². The van der Waals surface area contributed by atoms with Crippen molar-refractivity contribution in [1.29, 1.82) is 0 Å². The van der Waals surface area contributed by atoms with Crippen LogP contribution in [0.4, 0.5) is 17.5 Å². The second-order valence-electron chi connectivity index (χ2n) is 7.46. The number of nitrogens with zero attached hydrogens (tertiary/aromatic N) is 5. The first-order valence-corrected chi connectivity index (χ1v) is 9.77. The topological polar surface area (TPSA) is 88.0 Å². The van der Waals surface area contributed by atoms with Gasteiger partial charge in [0.05, 0.1) is 11.9 Å². The van der Waals surface area contributed by atoms with Crippen LogP contribution in [0.3, 0.4) is 0 Å². The van der Waals surface area contributed by atoms with Crippen LogP contribution in [-0.4, -0.2) is 45.7 Å². The Hall–Kier alpha value is -3.00. The lowest BCUT2D eigenvalue weighted by atomic mass is 10.2. The third-order valence-corrected chi connectivity index (χ3v) is 5.38. The molecule has 3 aromatic heterocycles. The number of rotatable bonds is 4. The van der Waals surface area contributed by atoms with Crippen molar-refractivity contribution in [3.05, 3.63) is 46.5 Å². The summed E-state index contributed by atoms with van der Waals surface area (Å²) in [6.07, 6.45) is 5.71. The van der Waals surface area contributed by atoms with Gasteiger partial charge in [0.1, 0.15) is 11.5 Å². The van der Waals surface area contributed by atoms with Crippen molar-refractivity contribution < 1.29 is 0 Å². The van der Waals surface area contributed by atoms with Gasteiger partial charge in [-0.05, 0) is 37.5 Å². The number of hydrogen-bond acceptors (Lipinski definition) is 7. The third-order valence-electron chi connectivity index (χ3n) is 5.38. The standard InChI is InChI=1S/C20H23N7O/c1-13-10-18(28)27(14-2-3-14)19-16(13)12-23-20(25-19)24-17-5-4-15(11-22-17)26-8-6-21-7-9-26/h4-5,10-12,14,21H,2-3,6-9H2,1H3,(H,22,23,24,25). The third kappa shape index (κ3) is 3.20. The van der Waals surface area contributed by atoms with Gasteiger partial charge in [0.25, 0.3) is 5.56 Å². The lowest BCUT2D eigenvalue weighted by molar-refractivity contribution is 0.589. The van der Waals surface area contributed by atoms with Crippen LogP contribution in [0.1, 0.15) is 24.4 Å². The van der Waals surface area contributed by atoms with Crippen molar-refractivity contribution in [3.8, 4) is 0 Å². The molecule has 4 heterocycles. The SMILES string of the molecule is Cc1cc(=O)n(C2CC2)c2nc(Nc3ccc(N4CCNCC4)cn3)ncc12. The van der Waals surface area contributed by atoms with Gasteiger partial charge in [-0.25, -0.2) is 9.97 Å². The van der Waals surface area contributed by atoms with E-state index in [-0.39, 0.29) is 11.6 Å². The fraction of sp³-hybridized carbons (Fsp3) is 0.400. The molecule has 1 aliphatic carbocycles. The fourth-order valence-corrected chi connectivity index (χ4v) is 3.70. The van der Waals surface area contributed by atoms with Crippen molar-refractivity contribution >= 4 is 28.5 Å². The van der Waals surface area contributed by atoms with Crippen molar-refractivity contribution in [2.75, 3.05) is 36.4 Å².